The Morgan fingerprint density at radius 1 is 1.43 bits per heavy atom. The van der Waals surface area contributed by atoms with E-state index in [1.807, 2.05) is 0 Å². The average molecular weight is 312 g/mol. The number of rotatable bonds is 5. The van der Waals surface area contributed by atoms with E-state index in [0.29, 0.717) is 6.54 Å². The van der Waals surface area contributed by atoms with Crippen LogP contribution in [0.3, 0.4) is 0 Å². The van der Waals surface area contributed by atoms with Crippen LogP contribution in [0.1, 0.15) is 20.8 Å². The van der Waals surface area contributed by atoms with E-state index in [0.717, 1.165) is 6.07 Å². The van der Waals surface area contributed by atoms with Gasteiger partial charge in [-0.05, 0) is 18.2 Å². The first kappa shape index (κ1) is 15.0. The summed E-state index contributed by atoms with van der Waals surface area (Å²) in [5.41, 5.74) is -0.179. The van der Waals surface area contributed by atoms with Gasteiger partial charge in [0.1, 0.15) is 5.82 Å². The van der Waals surface area contributed by atoms with Gasteiger partial charge in [0.15, 0.2) is 5.69 Å². The Morgan fingerprint density at radius 3 is 2.81 bits per heavy atom. The maximum absolute atomic E-state index is 13.5. The topological polar surface area (TPSA) is 84.2 Å². The molecule has 2 rings (SSSR count). The van der Waals surface area contributed by atoms with Crippen LogP contribution in [0, 0.1) is 5.82 Å². The van der Waals surface area contributed by atoms with Crippen molar-refractivity contribution in [2.45, 2.75) is 6.54 Å². The van der Waals surface area contributed by atoms with Gasteiger partial charge in [0.05, 0.1) is 11.9 Å². The van der Waals surface area contributed by atoms with Gasteiger partial charge in [0.2, 0.25) is 0 Å². The summed E-state index contributed by atoms with van der Waals surface area (Å²) in [6, 6.07) is 3.78. The molecule has 0 atom stereocenters. The minimum absolute atomic E-state index is 0.0786. The Kier molecular flexibility index (Phi) is 4.54. The summed E-state index contributed by atoms with van der Waals surface area (Å²) >= 11 is 5.60. The quantitative estimate of drug-likeness (QED) is 0.882. The van der Waals surface area contributed by atoms with Crippen molar-refractivity contribution < 1.29 is 19.1 Å². The van der Waals surface area contributed by atoms with Crippen molar-refractivity contribution in [2.24, 2.45) is 0 Å². The van der Waals surface area contributed by atoms with E-state index in [1.54, 1.807) is 0 Å². The van der Waals surface area contributed by atoms with Gasteiger partial charge in [0, 0.05) is 24.3 Å². The molecule has 0 bridgehead atoms. The summed E-state index contributed by atoms with van der Waals surface area (Å²) in [4.78, 5) is 26.1. The van der Waals surface area contributed by atoms with Gasteiger partial charge in [0.25, 0.3) is 5.91 Å². The number of carboxylic acid groups (broad SMARTS) is 1. The predicted octanol–water partition coefficient (Wildman–Crippen LogP) is 1.80. The molecule has 21 heavy (non-hydrogen) atoms. The fraction of sp³-hybridized carbons (Fsp3) is 0.154. The van der Waals surface area contributed by atoms with Crippen LogP contribution >= 0.6 is 11.6 Å². The minimum atomic E-state index is -1.12. The van der Waals surface area contributed by atoms with Crippen LogP contribution < -0.4 is 5.32 Å². The lowest BCUT2D eigenvalue weighted by atomic mass is 10.2. The fourth-order valence-corrected chi connectivity index (χ4v) is 1.82. The molecule has 1 aromatic carbocycles. The molecule has 8 heteroatoms. The number of nitrogens with zero attached hydrogens (tertiary/aromatic N) is 2. The molecule has 2 aromatic rings. The van der Waals surface area contributed by atoms with Crippen molar-refractivity contribution in [1.82, 2.24) is 14.9 Å². The smallest absolute Gasteiger partial charge is 0.356 e. The molecule has 1 aromatic heterocycles. The average Bonchev–Trinajstić information content (AvgIpc) is 2.87. The number of hydrogen-bond acceptors (Lipinski definition) is 3. The number of imidazole rings is 1. The fourth-order valence-electron chi connectivity index (χ4n) is 1.66. The SMILES string of the molecule is O=C(O)c1cn(CCNC(=O)c2ccc(Cl)cc2F)cn1. The third-order valence-electron chi connectivity index (χ3n) is 2.68. The van der Waals surface area contributed by atoms with Gasteiger partial charge in [-0.3, -0.25) is 4.79 Å². The van der Waals surface area contributed by atoms with Crippen molar-refractivity contribution in [3.63, 3.8) is 0 Å². The molecular formula is C13H11ClFN3O3. The molecule has 0 aliphatic carbocycles. The lowest BCUT2D eigenvalue weighted by Gasteiger charge is -2.06. The van der Waals surface area contributed by atoms with Gasteiger partial charge in [-0.2, -0.15) is 0 Å². The number of amides is 1. The van der Waals surface area contributed by atoms with E-state index >= 15 is 0 Å². The van der Waals surface area contributed by atoms with E-state index in [1.165, 1.54) is 29.2 Å². The van der Waals surface area contributed by atoms with E-state index < -0.39 is 17.7 Å². The van der Waals surface area contributed by atoms with Crippen LogP contribution in [0.25, 0.3) is 0 Å². The van der Waals surface area contributed by atoms with Crippen molar-refractivity contribution >= 4 is 23.5 Å². The summed E-state index contributed by atoms with van der Waals surface area (Å²) in [7, 11) is 0. The highest BCUT2D eigenvalue weighted by molar-refractivity contribution is 6.30. The number of hydrogen-bond donors (Lipinski definition) is 2. The van der Waals surface area contributed by atoms with E-state index in [-0.39, 0.29) is 22.8 Å². The zero-order chi connectivity index (χ0) is 15.4. The largest absolute Gasteiger partial charge is 0.476 e. The highest BCUT2D eigenvalue weighted by Crippen LogP contribution is 2.14. The number of carboxylic acids is 1. The number of nitrogens with one attached hydrogen (secondary N) is 1. The Bertz CT molecular complexity index is 687. The normalized spacial score (nSPS) is 10.4. The van der Waals surface area contributed by atoms with E-state index in [4.69, 9.17) is 16.7 Å². The van der Waals surface area contributed by atoms with Gasteiger partial charge in [-0.1, -0.05) is 11.6 Å². The van der Waals surface area contributed by atoms with Crippen molar-refractivity contribution in [3.05, 3.63) is 52.8 Å². The van der Waals surface area contributed by atoms with Gasteiger partial charge >= 0.3 is 5.97 Å². The second kappa shape index (κ2) is 6.36. The number of halogens is 2. The summed E-state index contributed by atoms with van der Waals surface area (Å²) < 4.78 is 15.0. The summed E-state index contributed by atoms with van der Waals surface area (Å²) in [5.74, 6) is -2.39. The molecule has 0 fully saturated rings. The maximum atomic E-state index is 13.5. The van der Waals surface area contributed by atoms with Crippen LogP contribution in [0.4, 0.5) is 4.39 Å². The van der Waals surface area contributed by atoms with Crippen LogP contribution in [0.5, 0.6) is 0 Å². The Labute approximate surface area is 124 Å². The molecule has 0 spiro atoms. The monoisotopic (exact) mass is 311 g/mol. The molecule has 6 nitrogen and oxygen atoms in total. The third-order valence-corrected chi connectivity index (χ3v) is 2.92. The Morgan fingerprint density at radius 2 is 2.19 bits per heavy atom. The number of benzene rings is 1. The molecule has 0 radical (unpaired) electrons. The molecule has 0 aliphatic heterocycles. The first-order valence-corrected chi connectivity index (χ1v) is 6.33. The van der Waals surface area contributed by atoms with Gasteiger partial charge in [-0.25, -0.2) is 14.2 Å². The summed E-state index contributed by atoms with van der Waals surface area (Å²) in [5, 5.41) is 11.5. The predicted molar refractivity (Wildman–Crippen MR) is 72.9 cm³/mol. The van der Waals surface area contributed by atoms with Crippen LogP contribution in [-0.4, -0.2) is 33.1 Å². The van der Waals surface area contributed by atoms with E-state index in [2.05, 4.69) is 10.3 Å². The van der Waals surface area contributed by atoms with Crippen LogP contribution in [0.2, 0.25) is 5.02 Å². The van der Waals surface area contributed by atoms with E-state index in [9.17, 15) is 14.0 Å². The third kappa shape index (κ3) is 3.79. The number of carbonyl (C=O) groups is 2. The molecule has 0 saturated carbocycles. The second-order valence-corrected chi connectivity index (χ2v) is 4.62. The number of carbonyl (C=O) groups excluding carboxylic acids is 1. The number of aromatic carboxylic acids is 1. The van der Waals surface area contributed by atoms with Crippen molar-refractivity contribution in [1.29, 1.82) is 0 Å². The highest BCUT2D eigenvalue weighted by atomic mass is 35.5. The molecule has 1 amide bonds. The standard InChI is InChI=1S/C13H11ClFN3O3/c14-8-1-2-9(10(15)5-8)12(19)16-3-4-18-6-11(13(20)21)17-7-18/h1-2,5-7H,3-4H2,(H,16,19)(H,20,21). The zero-order valence-corrected chi connectivity index (χ0v) is 11.5. The Hall–Kier alpha value is -2.41. The van der Waals surface area contributed by atoms with Crippen LogP contribution in [-0.2, 0) is 6.54 Å². The zero-order valence-electron chi connectivity index (χ0n) is 10.7. The second-order valence-electron chi connectivity index (χ2n) is 4.18. The lowest BCUT2D eigenvalue weighted by molar-refractivity contribution is 0.0690. The minimum Gasteiger partial charge on any atom is -0.476 e. The van der Waals surface area contributed by atoms with Crippen molar-refractivity contribution in [2.75, 3.05) is 6.54 Å². The lowest BCUT2D eigenvalue weighted by Crippen LogP contribution is -2.27. The Balaban J connectivity index is 1.90. The van der Waals surface area contributed by atoms with Crippen LogP contribution in [0.15, 0.2) is 30.7 Å². The first-order chi connectivity index (χ1) is 9.97. The number of aromatic nitrogens is 2. The molecule has 0 saturated heterocycles. The van der Waals surface area contributed by atoms with Gasteiger partial charge < -0.3 is 15.0 Å². The molecule has 2 N–H and O–H groups in total. The van der Waals surface area contributed by atoms with Crippen molar-refractivity contribution in [3.8, 4) is 0 Å². The molecule has 110 valence electrons. The van der Waals surface area contributed by atoms with Gasteiger partial charge in [-0.15, -0.1) is 0 Å². The molecule has 0 aliphatic rings. The summed E-state index contributed by atoms with van der Waals surface area (Å²) in [6.07, 6.45) is 2.69. The first-order valence-electron chi connectivity index (χ1n) is 5.95. The highest BCUT2D eigenvalue weighted by Gasteiger charge is 2.11. The molecule has 1 heterocycles. The molecule has 0 unspecified atom stereocenters. The maximum Gasteiger partial charge on any atom is 0.356 e. The summed E-state index contributed by atoms with van der Waals surface area (Å²) in [6.45, 7) is 0.525. The molecular weight excluding hydrogens is 301 g/mol.